The zero-order chi connectivity index (χ0) is 11.5. The molecule has 0 unspecified atom stereocenters. The molecule has 2 heterocycles. The smallest absolute Gasteiger partial charge is 0.245 e. The third-order valence-electron chi connectivity index (χ3n) is 2.16. The molecule has 0 aliphatic carbocycles. The number of aromatic nitrogens is 3. The van der Waals surface area contributed by atoms with Crippen molar-refractivity contribution in [1.29, 1.82) is 0 Å². The maximum absolute atomic E-state index is 11.4. The summed E-state index contributed by atoms with van der Waals surface area (Å²) < 4.78 is 0. The van der Waals surface area contributed by atoms with Gasteiger partial charge in [0.05, 0.1) is 6.54 Å². The third kappa shape index (κ3) is 2.51. The van der Waals surface area contributed by atoms with Gasteiger partial charge in [0.1, 0.15) is 0 Å². The van der Waals surface area contributed by atoms with Crippen molar-refractivity contribution < 1.29 is 4.79 Å². The predicted molar refractivity (Wildman–Crippen MR) is 59.7 cm³/mol. The lowest BCUT2D eigenvalue weighted by Crippen LogP contribution is -2.33. The summed E-state index contributed by atoms with van der Waals surface area (Å²) in [6.07, 6.45) is 0.823. The van der Waals surface area contributed by atoms with Gasteiger partial charge >= 0.3 is 0 Å². The Hall–Kier alpha value is -1.14. The summed E-state index contributed by atoms with van der Waals surface area (Å²) in [5, 5.41) is 10.1. The zero-order valence-corrected chi connectivity index (χ0v) is 9.79. The average Bonchev–Trinajstić information content (AvgIpc) is 2.46. The van der Waals surface area contributed by atoms with Gasteiger partial charge < -0.3 is 10.2 Å². The van der Waals surface area contributed by atoms with Crippen LogP contribution in [-0.2, 0) is 4.79 Å². The summed E-state index contributed by atoms with van der Waals surface area (Å²) in [6, 6.07) is 0. The van der Waals surface area contributed by atoms with Crippen LogP contribution in [0.25, 0.3) is 0 Å². The van der Waals surface area contributed by atoms with Crippen LogP contribution in [0.4, 0.5) is 5.82 Å². The maximum atomic E-state index is 11.4. The fourth-order valence-electron chi connectivity index (χ4n) is 1.47. The Morgan fingerprint density at radius 1 is 1.31 bits per heavy atom. The minimum Gasteiger partial charge on any atom is -0.354 e. The molecule has 0 bridgehead atoms. The van der Waals surface area contributed by atoms with Gasteiger partial charge in [-0.25, -0.2) is 0 Å². The molecule has 16 heavy (non-hydrogen) atoms. The van der Waals surface area contributed by atoms with E-state index in [1.807, 2.05) is 0 Å². The summed E-state index contributed by atoms with van der Waals surface area (Å²) in [6.45, 7) is 1.53. The van der Waals surface area contributed by atoms with Crippen molar-refractivity contribution in [2.45, 2.75) is 6.42 Å². The van der Waals surface area contributed by atoms with E-state index in [4.69, 9.17) is 23.2 Å². The van der Waals surface area contributed by atoms with Gasteiger partial charge in [0.15, 0.2) is 11.0 Å². The normalized spacial score (nSPS) is 16.9. The Bertz CT molecular complexity index is 413. The second-order valence-electron chi connectivity index (χ2n) is 3.32. The Balaban J connectivity index is 2.27. The fourth-order valence-corrected chi connectivity index (χ4v) is 1.79. The van der Waals surface area contributed by atoms with Gasteiger partial charge in [0, 0.05) is 13.1 Å². The second-order valence-corrected chi connectivity index (χ2v) is 4.02. The number of anilines is 1. The van der Waals surface area contributed by atoms with Crippen molar-refractivity contribution in [3.63, 3.8) is 0 Å². The molecule has 0 atom stereocenters. The van der Waals surface area contributed by atoms with Crippen molar-refractivity contribution in [1.82, 2.24) is 20.5 Å². The molecular weight excluding hydrogens is 253 g/mol. The lowest BCUT2D eigenvalue weighted by molar-refractivity contribution is -0.119. The highest BCUT2D eigenvalue weighted by atomic mass is 35.5. The molecule has 0 spiro atoms. The van der Waals surface area contributed by atoms with Crippen molar-refractivity contribution in [3.05, 3.63) is 10.4 Å². The molecule has 0 saturated carbocycles. The standard InChI is InChI=1S/C8H9Cl2N5O/c9-6-7(12-8(10)14-13-6)15-3-1-2-11-5(16)4-15/h1-4H2,(H,11,16). The molecule has 1 fully saturated rings. The van der Waals surface area contributed by atoms with Crippen LogP contribution in [0.5, 0.6) is 0 Å². The first-order valence-corrected chi connectivity index (χ1v) is 5.50. The molecule has 1 aliphatic rings. The maximum Gasteiger partial charge on any atom is 0.245 e. The van der Waals surface area contributed by atoms with Crippen molar-refractivity contribution >= 4 is 34.9 Å². The minimum absolute atomic E-state index is 0.0176. The SMILES string of the molecule is O=C1CN(c2nc(Cl)nnc2Cl)CCCN1. The Morgan fingerprint density at radius 3 is 2.94 bits per heavy atom. The number of hydrogen-bond donors (Lipinski definition) is 1. The quantitative estimate of drug-likeness (QED) is 0.798. The number of carbonyl (C=O) groups is 1. The third-order valence-corrected chi connectivity index (χ3v) is 2.57. The van der Waals surface area contributed by atoms with Crippen LogP contribution in [0.15, 0.2) is 0 Å². The summed E-state index contributed by atoms with van der Waals surface area (Å²) in [4.78, 5) is 17.1. The molecule has 86 valence electrons. The summed E-state index contributed by atoms with van der Waals surface area (Å²) in [7, 11) is 0. The molecule has 1 saturated heterocycles. The van der Waals surface area contributed by atoms with Gasteiger partial charge in [-0.15, -0.1) is 10.2 Å². The van der Waals surface area contributed by atoms with E-state index in [1.54, 1.807) is 4.90 Å². The zero-order valence-electron chi connectivity index (χ0n) is 8.28. The van der Waals surface area contributed by atoms with E-state index in [2.05, 4.69) is 20.5 Å². The molecule has 6 nitrogen and oxygen atoms in total. The highest BCUT2D eigenvalue weighted by Gasteiger charge is 2.19. The molecule has 1 amide bonds. The van der Waals surface area contributed by atoms with Gasteiger partial charge in [-0.1, -0.05) is 11.6 Å². The Kier molecular flexibility index (Phi) is 3.40. The van der Waals surface area contributed by atoms with E-state index >= 15 is 0 Å². The number of nitrogens with one attached hydrogen (secondary N) is 1. The van der Waals surface area contributed by atoms with Crippen LogP contribution in [-0.4, -0.2) is 40.7 Å². The topological polar surface area (TPSA) is 71.0 Å². The molecule has 1 aromatic rings. The fraction of sp³-hybridized carbons (Fsp3) is 0.500. The van der Waals surface area contributed by atoms with Crippen LogP contribution in [0, 0.1) is 0 Å². The van der Waals surface area contributed by atoms with Crippen LogP contribution in [0.1, 0.15) is 6.42 Å². The highest BCUT2D eigenvalue weighted by molar-refractivity contribution is 6.32. The molecule has 0 aromatic carbocycles. The van der Waals surface area contributed by atoms with Crippen LogP contribution < -0.4 is 10.2 Å². The molecule has 2 rings (SSSR count). The number of amides is 1. The molecular formula is C8H9Cl2N5O. The van der Waals surface area contributed by atoms with Crippen LogP contribution in [0.2, 0.25) is 10.4 Å². The first-order chi connectivity index (χ1) is 7.66. The van der Waals surface area contributed by atoms with E-state index in [0.29, 0.717) is 18.9 Å². The average molecular weight is 262 g/mol. The summed E-state index contributed by atoms with van der Waals surface area (Å²) >= 11 is 11.5. The van der Waals surface area contributed by atoms with E-state index in [-0.39, 0.29) is 22.9 Å². The molecule has 1 N–H and O–H groups in total. The monoisotopic (exact) mass is 261 g/mol. The minimum atomic E-state index is -0.0664. The number of rotatable bonds is 1. The lowest BCUT2D eigenvalue weighted by atomic mass is 10.4. The largest absolute Gasteiger partial charge is 0.354 e. The number of halogens is 2. The van der Waals surface area contributed by atoms with E-state index in [0.717, 1.165) is 6.42 Å². The highest BCUT2D eigenvalue weighted by Crippen LogP contribution is 2.21. The second kappa shape index (κ2) is 4.80. The van der Waals surface area contributed by atoms with Crippen molar-refractivity contribution in [3.8, 4) is 0 Å². The Morgan fingerprint density at radius 2 is 2.12 bits per heavy atom. The lowest BCUT2D eigenvalue weighted by Gasteiger charge is -2.19. The van der Waals surface area contributed by atoms with Crippen LogP contribution >= 0.6 is 23.2 Å². The van der Waals surface area contributed by atoms with Crippen molar-refractivity contribution in [2.75, 3.05) is 24.5 Å². The first-order valence-electron chi connectivity index (χ1n) is 4.74. The number of carbonyl (C=O) groups excluding carboxylic acids is 1. The van der Waals surface area contributed by atoms with Gasteiger partial charge in [-0.05, 0) is 18.0 Å². The first kappa shape index (κ1) is 11.3. The molecule has 1 aliphatic heterocycles. The summed E-state index contributed by atoms with van der Waals surface area (Å²) in [5.41, 5.74) is 0. The molecule has 0 radical (unpaired) electrons. The van der Waals surface area contributed by atoms with Gasteiger partial charge in [0.2, 0.25) is 11.2 Å². The van der Waals surface area contributed by atoms with E-state index < -0.39 is 0 Å². The van der Waals surface area contributed by atoms with E-state index in [1.165, 1.54) is 0 Å². The number of nitrogens with zero attached hydrogens (tertiary/aromatic N) is 4. The number of hydrogen-bond acceptors (Lipinski definition) is 5. The summed E-state index contributed by atoms with van der Waals surface area (Å²) in [5.74, 6) is 0.335. The molecule has 8 heteroatoms. The van der Waals surface area contributed by atoms with Gasteiger partial charge in [0.25, 0.3) is 0 Å². The predicted octanol–water partition coefficient (Wildman–Crippen LogP) is 0.505. The Labute approximate surface area is 102 Å². The van der Waals surface area contributed by atoms with Crippen molar-refractivity contribution in [2.24, 2.45) is 0 Å². The van der Waals surface area contributed by atoms with Gasteiger partial charge in [-0.2, -0.15) is 4.98 Å². The van der Waals surface area contributed by atoms with E-state index in [9.17, 15) is 4.79 Å². The molecule has 1 aromatic heterocycles. The van der Waals surface area contributed by atoms with Crippen LogP contribution in [0.3, 0.4) is 0 Å². The van der Waals surface area contributed by atoms with Gasteiger partial charge in [-0.3, -0.25) is 4.79 Å².